The summed E-state index contributed by atoms with van der Waals surface area (Å²) in [5.74, 6) is 0.765. The van der Waals surface area contributed by atoms with Crippen LogP contribution < -0.4 is 10.4 Å². The highest BCUT2D eigenvalue weighted by atomic mass is 35.5. The predicted molar refractivity (Wildman–Crippen MR) is 99.8 cm³/mol. The number of nitrogens with zero attached hydrogens (tertiary/aromatic N) is 8. The van der Waals surface area contributed by atoms with Gasteiger partial charge in [0.25, 0.3) is 5.95 Å². The second-order valence-electron chi connectivity index (χ2n) is 5.96. The van der Waals surface area contributed by atoms with Crippen LogP contribution in [0.1, 0.15) is 11.1 Å². The van der Waals surface area contributed by atoms with Crippen molar-refractivity contribution in [1.29, 1.82) is 0 Å². The minimum absolute atomic E-state index is 0.198. The van der Waals surface area contributed by atoms with Crippen LogP contribution in [0.5, 0.6) is 5.88 Å². The monoisotopic (exact) mass is 398 g/mol. The maximum Gasteiger partial charge on any atom is 0.368 e. The smallest absolute Gasteiger partial charge is 0.368 e. The lowest BCUT2D eigenvalue weighted by molar-refractivity contribution is 0.290. The first-order valence-electron chi connectivity index (χ1n) is 8.27. The first kappa shape index (κ1) is 17.9. The number of benzene rings is 1. The summed E-state index contributed by atoms with van der Waals surface area (Å²) < 4.78 is 9.72. The molecular weight excluding hydrogens is 384 g/mol. The van der Waals surface area contributed by atoms with Crippen molar-refractivity contribution in [3.8, 4) is 17.5 Å². The molecule has 0 N–H and O–H groups in total. The van der Waals surface area contributed by atoms with Crippen LogP contribution in [0.25, 0.3) is 11.6 Å². The normalized spacial score (nSPS) is 11.0. The zero-order chi connectivity index (χ0) is 19.7. The molecule has 0 amide bonds. The van der Waals surface area contributed by atoms with Crippen LogP contribution in [-0.2, 0) is 13.7 Å². The minimum atomic E-state index is -0.337. The van der Waals surface area contributed by atoms with Crippen molar-refractivity contribution in [2.24, 2.45) is 7.05 Å². The predicted octanol–water partition coefficient (Wildman–Crippen LogP) is 1.48. The Hall–Kier alpha value is -3.53. The van der Waals surface area contributed by atoms with Gasteiger partial charge in [-0.25, -0.2) is 19.4 Å². The fraction of sp³-hybridized carbons (Fsp3) is 0.176. The van der Waals surface area contributed by atoms with Crippen molar-refractivity contribution >= 4 is 11.6 Å². The van der Waals surface area contributed by atoms with Crippen molar-refractivity contribution in [1.82, 2.24) is 39.5 Å². The molecule has 28 heavy (non-hydrogen) atoms. The number of aromatic nitrogens is 8. The lowest BCUT2D eigenvalue weighted by Gasteiger charge is -2.11. The molecule has 4 rings (SSSR count). The summed E-state index contributed by atoms with van der Waals surface area (Å²) in [5.41, 5.74) is 2.03. The van der Waals surface area contributed by atoms with Crippen LogP contribution in [0.15, 0.2) is 47.7 Å². The third-order valence-corrected chi connectivity index (χ3v) is 4.27. The fourth-order valence-corrected chi connectivity index (χ4v) is 2.70. The second-order valence-corrected chi connectivity index (χ2v) is 6.39. The van der Waals surface area contributed by atoms with Crippen LogP contribution in [0.4, 0.5) is 0 Å². The van der Waals surface area contributed by atoms with Crippen LogP contribution in [0.2, 0.25) is 5.02 Å². The minimum Gasteiger partial charge on any atom is -0.472 e. The van der Waals surface area contributed by atoms with E-state index in [0.29, 0.717) is 22.5 Å². The van der Waals surface area contributed by atoms with Crippen molar-refractivity contribution in [2.45, 2.75) is 13.5 Å². The number of rotatable bonds is 5. The molecular formula is C17H15ClN8O2. The van der Waals surface area contributed by atoms with E-state index in [0.717, 1.165) is 11.1 Å². The number of ether oxygens (including phenoxy) is 1. The molecule has 10 nitrogen and oxygen atoms in total. The summed E-state index contributed by atoms with van der Waals surface area (Å²) in [5, 5.41) is 12.4. The van der Waals surface area contributed by atoms with Gasteiger partial charge >= 0.3 is 5.69 Å². The molecule has 4 aromatic rings. The Balaban J connectivity index is 1.58. The van der Waals surface area contributed by atoms with Crippen molar-refractivity contribution in [3.05, 3.63) is 69.5 Å². The molecule has 0 saturated heterocycles. The molecule has 0 fully saturated rings. The fourth-order valence-electron chi connectivity index (χ4n) is 2.60. The van der Waals surface area contributed by atoms with Crippen LogP contribution in [0, 0.1) is 6.92 Å². The highest BCUT2D eigenvalue weighted by Crippen LogP contribution is 2.19. The molecule has 0 aliphatic rings. The molecule has 142 valence electrons. The molecule has 0 unspecified atom stereocenters. The average Bonchev–Trinajstić information content (AvgIpc) is 3.29. The van der Waals surface area contributed by atoms with Gasteiger partial charge in [0.2, 0.25) is 5.88 Å². The average molecular weight is 399 g/mol. The van der Waals surface area contributed by atoms with Gasteiger partial charge in [-0.1, -0.05) is 23.7 Å². The molecule has 0 aliphatic heterocycles. The first-order valence-corrected chi connectivity index (χ1v) is 8.65. The van der Waals surface area contributed by atoms with Crippen molar-refractivity contribution in [3.63, 3.8) is 0 Å². The summed E-state index contributed by atoms with van der Waals surface area (Å²) in [6.07, 6.45) is 4.67. The van der Waals surface area contributed by atoms with Crippen LogP contribution in [0.3, 0.4) is 0 Å². The molecule has 11 heteroatoms. The number of tetrazole rings is 1. The zero-order valence-corrected chi connectivity index (χ0v) is 15.8. The summed E-state index contributed by atoms with van der Waals surface area (Å²) >= 11 is 5.80. The summed E-state index contributed by atoms with van der Waals surface area (Å²) in [7, 11) is 1.54. The second kappa shape index (κ2) is 7.24. The van der Waals surface area contributed by atoms with Gasteiger partial charge in [-0.2, -0.15) is 9.36 Å². The summed E-state index contributed by atoms with van der Waals surface area (Å²) in [6, 6.07) is 7.28. The molecule has 3 aromatic heterocycles. The highest BCUT2D eigenvalue weighted by Gasteiger charge is 2.14. The van der Waals surface area contributed by atoms with E-state index < -0.39 is 0 Å². The Morgan fingerprint density at radius 2 is 1.93 bits per heavy atom. The van der Waals surface area contributed by atoms with Crippen molar-refractivity contribution < 1.29 is 4.74 Å². The first-order chi connectivity index (χ1) is 13.5. The Bertz CT molecular complexity index is 1180. The van der Waals surface area contributed by atoms with E-state index in [4.69, 9.17) is 16.3 Å². The van der Waals surface area contributed by atoms with E-state index >= 15 is 0 Å². The Morgan fingerprint density at radius 1 is 1.14 bits per heavy atom. The quantitative estimate of drug-likeness (QED) is 0.501. The van der Waals surface area contributed by atoms with Gasteiger partial charge in [-0.3, -0.25) is 0 Å². The number of aryl methyl sites for hydroxylation is 2. The standard InChI is InChI=1S/C17H15ClN8O2/c1-11-4-3-5-14(26-17(27)24(2)22-23-26)13(11)10-28-15-6-7-25(21-15)16-19-8-12(18)9-20-16/h3-9H,10H2,1-2H3. The SMILES string of the molecule is Cc1cccc(-n2nnn(C)c2=O)c1COc1ccn(-c2ncc(Cl)cn2)n1. The lowest BCUT2D eigenvalue weighted by Crippen LogP contribution is -2.23. The van der Waals surface area contributed by atoms with Gasteiger partial charge in [0.05, 0.1) is 23.1 Å². The summed E-state index contributed by atoms with van der Waals surface area (Å²) in [4.78, 5) is 20.4. The zero-order valence-electron chi connectivity index (χ0n) is 15.0. The van der Waals surface area contributed by atoms with E-state index in [1.165, 1.54) is 26.4 Å². The summed E-state index contributed by atoms with van der Waals surface area (Å²) in [6.45, 7) is 2.13. The van der Waals surface area contributed by atoms with E-state index in [2.05, 4.69) is 25.5 Å². The maximum absolute atomic E-state index is 12.2. The number of hydrogen-bond donors (Lipinski definition) is 0. The van der Waals surface area contributed by atoms with Gasteiger partial charge in [0.1, 0.15) is 6.61 Å². The van der Waals surface area contributed by atoms with Gasteiger partial charge in [-0.05, 0) is 29.0 Å². The topological polar surface area (TPSA) is 106 Å². The third-order valence-electron chi connectivity index (χ3n) is 4.08. The van der Waals surface area contributed by atoms with Gasteiger partial charge < -0.3 is 4.74 Å². The highest BCUT2D eigenvalue weighted by molar-refractivity contribution is 6.30. The number of hydrogen-bond acceptors (Lipinski definition) is 7. The van der Waals surface area contributed by atoms with E-state index in [1.807, 2.05) is 19.1 Å². The lowest BCUT2D eigenvalue weighted by atomic mass is 10.1. The van der Waals surface area contributed by atoms with E-state index in [1.54, 1.807) is 25.4 Å². The molecule has 0 spiro atoms. The molecule has 0 bridgehead atoms. The molecule has 0 radical (unpaired) electrons. The molecule has 0 atom stereocenters. The van der Waals surface area contributed by atoms with Gasteiger partial charge in [-0.15, -0.1) is 5.10 Å². The molecule has 3 heterocycles. The van der Waals surface area contributed by atoms with E-state index in [-0.39, 0.29) is 12.3 Å². The number of halogens is 1. The Kier molecular flexibility index (Phi) is 4.62. The third kappa shape index (κ3) is 3.37. The Labute approximate surface area is 164 Å². The van der Waals surface area contributed by atoms with Crippen molar-refractivity contribution in [2.75, 3.05) is 0 Å². The molecule has 0 saturated carbocycles. The maximum atomic E-state index is 12.2. The van der Waals surface area contributed by atoms with E-state index in [9.17, 15) is 4.79 Å². The Morgan fingerprint density at radius 3 is 2.64 bits per heavy atom. The van der Waals surface area contributed by atoms with Gasteiger partial charge in [0.15, 0.2) is 0 Å². The molecule has 1 aromatic carbocycles. The van der Waals surface area contributed by atoms with Gasteiger partial charge in [0, 0.05) is 24.9 Å². The largest absolute Gasteiger partial charge is 0.472 e. The van der Waals surface area contributed by atoms with Crippen LogP contribution >= 0.6 is 11.6 Å². The molecule has 0 aliphatic carbocycles. The van der Waals surface area contributed by atoms with Crippen LogP contribution in [-0.4, -0.2) is 39.5 Å².